The Hall–Kier alpha value is -1.99. The second-order valence-corrected chi connectivity index (χ2v) is 5.53. The number of para-hydroxylation sites is 1. The maximum absolute atomic E-state index is 11.8. The number of thioether (sulfide) groups is 1. The van der Waals surface area contributed by atoms with Crippen LogP contribution in [0.3, 0.4) is 0 Å². The zero-order valence-corrected chi connectivity index (χ0v) is 12.4. The molecule has 3 N–H and O–H groups in total. The van der Waals surface area contributed by atoms with Crippen LogP contribution in [0.15, 0.2) is 40.3 Å². The van der Waals surface area contributed by atoms with E-state index in [1.165, 1.54) is 11.8 Å². The van der Waals surface area contributed by atoms with E-state index in [-0.39, 0.29) is 23.4 Å². The Morgan fingerprint density at radius 3 is 2.90 bits per heavy atom. The van der Waals surface area contributed by atoms with Gasteiger partial charge in [0, 0.05) is 12.2 Å². The van der Waals surface area contributed by atoms with Gasteiger partial charge in [0.1, 0.15) is 0 Å². The molecule has 0 radical (unpaired) electrons. The van der Waals surface area contributed by atoms with Crippen LogP contribution in [-0.2, 0) is 4.79 Å². The molecule has 0 atom stereocenters. The van der Waals surface area contributed by atoms with Crippen molar-refractivity contribution < 1.29 is 9.90 Å². The molecule has 1 aromatic heterocycles. The van der Waals surface area contributed by atoms with Crippen molar-refractivity contribution in [3.8, 4) is 5.88 Å². The molecule has 1 aromatic carbocycles. The molecule has 0 aliphatic heterocycles. The summed E-state index contributed by atoms with van der Waals surface area (Å²) in [5, 5.41) is 12.6. The van der Waals surface area contributed by atoms with Crippen molar-refractivity contribution >= 4 is 35.0 Å². The van der Waals surface area contributed by atoms with Gasteiger partial charge in [-0.1, -0.05) is 35.5 Å². The van der Waals surface area contributed by atoms with Gasteiger partial charge >= 0.3 is 0 Å². The summed E-state index contributed by atoms with van der Waals surface area (Å²) in [6.07, 6.45) is 0.218. The van der Waals surface area contributed by atoms with Crippen molar-refractivity contribution in [3.63, 3.8) is 0 Å². The molecule has 0 saturated heterocycles. The number of amides is 1. The number of H-pyrrole nitrogens is 1. The number of hydrogen-bond acceptors (Lipinski definition) is 5. The lowest BCUT2D eigenvalue weighted by Gasteiger charge is -2.06. The van der Waals surface area contributed by atoms with Crippen molar-refractivity contribution in [1.29, 1.82) is 0 Å². The third-order valence-corrected chi connectivity index (χ3v) is 3.63. The zero-order valence-electron chi connectivity index (χ0n) is 10.8. The normalized spacial score (nSPS) is 10.3. The van der Waals surface area contributed by atoms with Crippen LogP contribution in [0.2, 0.25) is 5.02 Å². The molecule has 21 heavy (non-hydrogen) atoms. The fraction of sp³-hybridized carbons (Fsp3) is 0.154. The number of nitrogens with one attached hydrogen (secondary N) is 2. The number of rotatable bonds is 5. The van der Waals surface area contributed by atoms with Crippen molar-refractivity contribution in [3.05, 3.63) is 45.7 Å². The highest BCUT2D eigenvalue weighted by Gasteiger charge is 2.07. The Labute approximate surface area is 129 Å². The van der Waals surface area contributed by atoms with Gasteiger partial charge in [-0.25, -0.2) is 0 Å². The van der Waals surface area contributed by atoms with Gasteiger partial charge in [0.15, 0.2) is 5.16 Å². The van der Waals surface area contributed by atoms with Crippen LogP contribution in [0.25, 0.3) is 0 Å². The summed E-state index contributed by atoms with van der Waals surface area (Å²) in [6, 6.07) is 7.93. The summed E-state index contributed by atoms with van der Waals surface area (Å²) in [4.78, 5) is 29.1. The molecular weight excluding hydrogens is 314 g/mol. The topological polar surface area (TPSA) is 95.1 Å². The third-order valence-electron chi connectivity index (χ3n) is 2.42. The van der Waals surface area contributed by atoms with E-state index in [4.69, 9.17) is 11.6 Å². The molecule has 1 heterocycles. The van der Waals surface area contributed by atoms with E-state index in [0.717, 1.165) is 6.07 Å². The summed E-state index contributed by atoms with van der Waals surface area (Å²) in [6.45, 7) is 0. The Morgan fingerprint density at radius 1 is 1.43 bits per heavy atom. The Kier molecular flexibility index (Phi) is 5.24. The van der Waals surface area contributed by atoms with Gasteiger partial charge in [0.2, 0.25) is 11.8 Å². The largest absolute Gasteiger partial charge is 0.493 e. The fourth-order valence-electron chi connectivity index (χ4n) is 1.51. The van der Waals surface area contributed by atoms with E-state index in [0.29, 0.717) is 16.5 Å². The maximum Gasteiger partial charge on any atom is 0.255 e. The first-order valence-corrected chi connectivity index (χ1v) is 7.38. The summed E-state index contributed by atoms with van der Waals surface area (Å²) >= 11 is 7.11. The lowest BCUT2D eigenvalue weighted by Crippen LogP contribution is -2.13. The Balaban J connectivity index is 1.84. The number of aromatic hydroxyl groups is 1. The van der Waals surface area contributed by atoms with E-state index in [9.17, 15) is 14.7 Å². The molecule has 2 aromatic rings. The average molecular weight is 326 g/mol. The monoisotopic (exact) mass is 325 g/mol. The third kappa shape index (κ3) is 4.80. The number of hydrogen-bond donors (Lipinski definition) is 3. The van der Waals surface area contributed by atoms with Crippen LogP contribution in [0.1, 0.15) is 6.42 Å². The molecule has 0 aliphatic carbocycles. The van der Waals surface area contributed by atoms with E-state index in [2.05, 4.69) is 15.3 Å². The van der Waals surface area contributed by atoms with Gasteiger partial charge in [-0.2, -0.15) is 4.98 Å². The molecule has 2 rings (SSSR count). The molecule has 0 saturated carbocycles. The number of carbonyl (C=O) groups excluding carboxylic acids is 1. The molecule has 8 heteroatoms. The number of aromatic nitrogens is 2. The summed E-state index contributed by atoms with van der Waals surface area (Å²) in [5.41, 5.74) is 0.114. The minimum absolute atomic E-state index is 0.196. The Bertz CT molecular complexity index is 705. The summed E-state index contributed by atoms with van der Waals surface area (Å²) in [7, 11) is 0. The molecule has 1 amide bonds. The standard InChI is InChI=1S/C13H12ClN3O3S/c14-8-3-1-2-4-9(8)15-10(18)5-6-21-13-16-11(19)7-12(20)17-13/h1-4,7H,5-6H2,(H,15,18)(H2,16,17,19,20). The van der Waals surface area contributed by atoms with Crippen LogP contribution in [-0.4, -0.2) is 26.7 Å². The lowest BCUT2D eigenvalue weighted by atomic mass is 10.3. The van der Waals surface area contributed by atoms with Gasteiger partial charge in [0.25, 0.3) is 5.56 Å². The number of nitrogens with zero attached hydrogens (tertiary/aromatic N) is 1. The predicted molar refractivity (Wildman–Crippen MR) is 81.9 cm³/mol. The highest BCUT2D eigenvalue weighted by molar-refractivity contribution is 7.99. The highest BCUT2D eigenvalue weighted by Crippen LogP contribution is 2.21. The summed E-state index contributed by atoms with van der Waals surface area (Å²) < 4.78 is 0. The van der Waals surface area contributed by atoms with Gasteiger partial charge < -0.3 is 15.4 Å². The van der Waals surface area contributed by atoms with Crippen molar-refractivity contribution in [2.75, 3.05) is 11.1 Å². The average Bonchev–Trinajstić information content (AvgIpc) is 2.40. The van der Waals surface area contributed by atoms with Crippen LogP contribution in [0.5, 0.6) is 5.88 Å². The van der Waals surface area contributed by atoms with Gasteiger partial charge in [-0.05, 0) is 12.1 Å². The minimum Gasteiger partial charge on any atom is -0.493 e. The van der Waals surface area contributed by atoms with Crippen molar-refractivity contribution in [2.24, 2.45) is 0 Å². The van der Waals surface area contributed by atoms with Gasteiger partial charge in [-0.15, -0.1) is 0 Å². The lowest BCUT2D eigenvalue weighted by molar-refractivity contribution is -0.115. The smallest absolute Gasteiger partial charge is 0.255 e. The summed E-state index contributed by atoms with van der Waals surface area (Å²) in [5.74, 6) is -0.136. The zero-order chi connectivity index (χ0) is 15.2. The molecule has 0 aliphatic rings. The number of anilines is 1. The number of aromatic amines is 1. The van der Waals surface area contributed by atoms with Crippen molar-refractivity contribution in [1.82, 2.24) is 9.97 Å². The van der Waals surface area contributed by atoms with Crippen LogP contribution >= 0.6 is 23.4 Å². The Morgan fingerprint density at radius 2 is 2.19 bits per heavy atom. The molecule has 6 nitrogen and oxygen atoms in total. The molecule has 0 fully saturated rings. The first kappa shape index (κ1) is 15.4. The highest BCUT2D eigenvalue weighted by atomic mass is 35.5. The van der Waals surface area contributed by atoms with E-state index >= 15 is 0 Å². The van der Waals surface area contributed by atoms with E-state index < -0.39 is 5.56 Å². The number of halogens is 1. The molecule has 0 bridgehead atoms. The molecular formula is C13H12ClN3O3S. The van der Waals surface area contributed by atoms with Crippen LogP contribution < -0.4 is 10.9 Å². The van der Waals surface area contributed by atoms with E-state index in [1.54, 1.807) is 24.3 Å². The second kappa shape index (κ2) is 7.14. The van der Waals surface area contributed by atoms with Gasteiger partial charge in [0.05, 0.1) is 16.8 Å². The number of carbonyl (C=O) groups is 1. The van der Waals surface area contributed by atoms with Crippen molar-refractivity contribution in [2.45, 2.75) is 11.6 Å². The van der Waals surface area contributed by atoms with E-state index in [1.807, 2.05) is 0 Å². The first-order valence-electron chi connectivity index (χ1n) is 6.02. The van der Waals surface area contributed by atoms with Crippen LogP contribution in [0.4, 0.5) is 5.69 Å². The molecule has 0 unspecified atom stereocenters. The SMILES string of the molecule is O=C(CCSc1nc(O)cc(=O)[nH]1)Nc1ccccc1Cl. The predicted octanol–water partition coefficient (Wildman–Crippen LogP) is 2.25. The van der Waals surface area contributed by atoms with Crippen LogP contribution in [0, 0.1) is 0 Å². The number of benzene rings is 1. The van der Waals surface area contributed by atoms with Gasteiger partial charge in [-0.3, -0.25) is 9.59 Å². The minimum atomic E-state index is -0.439. The maximum atomic E-state index is 11.8. The second-order valence-electron chi connectivity index (χ2n) is 4.04. The fourth-order valence-corrected chi connectivity index (χ4v) is 2.50. The first-order chi connectivity index (χ1) is 10.0. The molecule has 0 spiro atoms. The molecule has 110 valence electrons. The quantitative estimate of drug-likeness (QED) is 0.579.